The number of amides is 1. The van der Waals surface area contributed by atoms with Gasteiger partial charge in [-0.1, -0.05) is 12.1 Å². The van der Waals surface area contributed by atoms with E-state index in [2.05, 4.69) is 5.32 Å². The van der Waals surface area contributed by atoms with Crippen molar-refractivity contribution in [2.45, 2.75) is 6.42 Å². The summed E-state index contributed by atoms with van der Waals surface area (Å²) >= 11 is 0. The number of anilines is 1. The Bertz CT molecular complexity index is 1140. The second kappa shape index (κ2) is 10.6. The van der Waals surface area contributed by atoms with Crippen molar-refractivity contribution < 1.29 is 32.5 Å². The zero-order valence-corrected chi connectivity index (χ0v) is 18.4. The Morgan fingerprint density at radius 2 is 1.58 bits per heavy atom. The summed E-state index contributed by atoms with van der Waals surface area (Å²) in [4.78, 5) is 13.0. The molecule has 0 aliphatic carbocycles. The van der Waals surface area contributed by atoms with Gasteiger partial charge in [0, 0.05) is 12.1 Å². The van der Waals surface area contributed by atoms with E-state index in [4.69, 9.17) is 24.7 Å². The molecule has 174 valence electrons. The van der Waals surface area contributed by atoms with Gasteiger partial charge in [-0.05, 0) is 42.8 Å². The lowest BCUT2D eigenvalue weighted by Gasteiger charge is -2.19. The van der Waals surface area contributed by atoms with Gasteiger partial charge in [-0.25, -0.2) is 8.78 Å². The predicted molar refractivity (Wildman–Crippen MR) is 120 cm³/mol. The van der Waals surface area contributed by atoms with E-state index in [9.17, 15) is 13.6 Å². The van der Waals surface area contributed by atoms with Crippen molar-refractivity contribution >= 4 is 11.6 Å². The molecule has 1 amide bonds. The molecule has 3 aromatic carbocycles. The maximum atomic E-state index is 14.1. The lowest BCUT2D eigenvalue weighted by Crippen LogP contribution is -2.15. The molecule has 0 aliphatic rings. The maximum absolute atomic E-state index is 14.1. The number of rotatable bonds is 9. The molecule has 0 radical (unpaired) electrons. The molecule has 9 heteroatoms. The van der Waals surface area contributed by atoms with E-state index in [-0.39, 0.29) is 34.2 Å². The van der Waals surface area contributed by atoms with Crippen LogP contribution < -0.4 is 30.0 Å². The number of hydrogen-bond donors (Lipinski definition) is 2. The van der Waals surface area contributed by atoms with Crippen LogP contribution in [-0.4, -0.2) is 33.8 Å². The standard InChI is InChI=1S/C24H24F2N2O5/c1-30-21-17(24(29)28-19-9-6-15(25)12-18(19)26)13-20(22(31-2)23(21)32-3)33-16-7-4-14(5-8-16)10-11-27/h4-9,12-13H,10-11,27H2,1-3H3,(H,28,29). The Balaban J connectivity index is 2.02. The van der Waals surface area contributed by atoms with Crippen molar-refractivity contribution in [1.82, 2.24) is 0 Å². The van der Waals surface area contributed by atoms with Crippen LogP contribution in [0.3, 0.4) is 0 Å². The molecule has 0 aromatic heterocycles. The van der Waals surface area contributed by atoms with E-state index < -0.39 is 17.5 Å². The Morgan fingerprint density at radius 3 is 2.15 bits per heavy atom. The molecule has 0 unspecified atom stereocenters. The first-order valence-corrected chi connectivity index (χ1v) is 9.98. The minimum absolute atomic E-state index is 0.00590. The Kier molecular flexibility index (Phi) is 7.68. The number of nitrogens with one attached hydrogen (secondary N) is 1. The van der Waals surface area contributed by atoms with E-state index in [0.29, 0.717) is 18.4 Å². The van der Waals surface area contributed by atoms with Crippen LogP contribution in [-0.2, 0) is 6.42 Å². The topological polar surface area (TPSA) is 92.0 Å². The summed E-state index contributed by atoms with van der Waals surface area (Å²) in [7, 11) is 4.15. The van der Waals surface area contributed by atoms with Crippen molar-refractivity contribution in [3.05, 3.63) is 71.3 Å². The van der Waals surface area contributed by atoms with Gasteiger partial charge in [0.1, 0.15) is 17.4 Å². The molecule has 3 N–H and O–H groups in total. The minimum atomic E-state index is -0.920. The molecule has 0 saturated carbocycles. The number of benzene rings is 3. The number of nitrogens with two attached hydrogens (primary N) is 1. The number of carbonyl (C=O) groups excluding carboxylic acids is 1. The highest BCUT2D eigenvalue weighted by atomic mass is 19.1. The molecule has 0 fully saturated rings. The lowest BCUT2D eigenvalue weighted by atomic mass is 10.1. The molecule has 33 heavy (non-hydrogen) atoms. The zero-order chi connectivity index (χ0) is 24.0. The average molecular weight is 458 g/mol. The van der Waals surface area contributed by atoms with Crippen LogP contribution in [0.1, 0.15) is 15.9 Å². The van der Waals surface area contributed by atoms with Crippen LogP contribution >= 0.6 is 0 Å². The maximum Gasteiger partial charge on any atom is 0.259 e. The van der Waals surface area contributed by atoms with Gasteiger partial charge in [-0.3, -0.25) is 4.79 Å². The van der Waals surface area contributed by atoms with Gasteiger partial charge >= 0.3 is 0 Å². The number of halogens is 2. The first-order chi connectivity index (χ1) is 15.9. The van der Waals surface area contributed by atoms with Crippen LogP contribution in [0.5, 0.6) is 28.7 Å². The number of carbonyl (C=O) groups is 1. The van der Waals surface area contributed by atoms with E-state index in [0.717, 1.165) is 24.1 Å². The van der Waals surface area contributed by atoms with E-state index in [1.807, 2.05) is 12.1 Å². The molecule has 0 heterocycles. The fourth-order valence-corrected chi connectivity index (χ4v) is 3.22. The monoisotopic (exact) mass is 458 g/mol. The van der Waals surface area contributed by atoms with Crippen LogP contribution in [0.2, 0.25) is 0 Å². The summed E-state index contributed by atoms with van der Waals surface area (Å²) in [6, 6.07) is 11.5. The molecular weight excluding hydrogens is 434 g/mol. The largest absolute Gasteiger partial charge is 0.492 e. The van der Waals surface area contributed by atoms with Crippen molar-refractivity contribution in [2.24, 2.45) is 5.73 Å². The third-order valence-corrected chi connectivity index (χ3v) is 4.78. The van der Waals surface area contributed by atoms with Crippen molar-refractivity contribution in [3.63, 3.8) is 0 Å². The summed E-state index contributed by atoms with van der Waals surface area (Å²) in [5, 5.41) is 2.41. The van der Waals surface area contributed by atoms with Crippen LogP contribution in [0, 0.1) is 11.6 Å². The molecule has 0 aliphatic heterocycles. The summed E-state index contributed by atoms with van der Waals surface area (Å²) in [6.07, 6.45) is 0.726. The second-order valence-electron chi connectivity index (χ2n) is 6.88. The van der Waals surface area contributed by atoms with Crippen LogP contribution in [0.15, 0.2) is 48.5 Å². The van der Waals surface area contributed by atoms with Gasteiger partial charge in [-0.15, -0.1) is 0 Å². The molecule has 0 bridgehead atoms. The molecular formula is C24H24F2N2O5. The smallest absolute Gasteiger partial charge is 0.259 e. The number of ether oxygens (including phenoxy) is 4. The van der Waals surface area contributed by atoms with Gasteiger partial charge in [0.15, 0.2) is 11.5 Å². The summed E-state index contributed by atoms with van der Waals surface area (Å²) < 4.78 is 49.5. The highest BCUT2D eigenvalue weighted by molar-refractivity contribution is 6.07. The van der Waals surface area contributed by atoms with Gasteiger partial charge < -0.3 is 30.0 Å². The lowest BCUT2D eigenvalue weighted by molar-refractivity contribution is 0.102. The average Bonchev–Trinajstić information content (AvgIpc) is 2.81. The highest BCUT2D eigenvalue weighted by Gasteiger charge is 2.26. The quantitative estimate of drug-likeness (QED) is 0.489. The van der Waals surface area contributed by atoms with E-state index in [1.54, 1.807) is 12.1 Å². The van der Waals surface area contributed by atoms with Gasteiger partial charge in [0.2, 0.25) is 11.5 Å². The van der Waals surface area contributed by atoms with Crippen LogP contribution in [0.4, 0.5) is 14.5 Å². The Labute approximate surface area is 190 Å². The van der Waals surface area contributed by atoms with Crippen LogP contribution in [0.25, 0.3) is 0 Å². The van der Waals surface area contributed by atoms with Crippen molar-refractivity contribution in [3.8, 4) is 28.7 Å². The summed E-state index contributed by atoms with van der Waals surface area (Å²) in [5.41, 5.74) is 6.43. The summed E-state index contributed by atoms with van der Waals surface area (Å²) in [6.45, 7) is 0.525. The fraction of sp³-hybridized carbons (Fsp3) is 0.208. The second-order valence-corrected chi connectivity index (χ2v) is 6.88. The third-order valence-electron chi connectivity index (χ3n) is 4.78. The van der Waals surface area contributed by atoms with Gasteiger partial charge in [0.25, 0.3) is 5.91 Å². The third kappa shape index (κ3) is 5.32. The Hall–Kier alpha value is -3.85. The molecule has 0 atom stereocenters. The minimum Gasteiger partial charge on any atom is -0.492 e. The predicted octanol–water partition coefficient (Wildman–Crippen LogP) is 4.54. The molecule has 3 aromatic rings. The van der Waals surface area contributed by atoms with E-state index >= 15 is 0 Å². The Morgan fingerprint density at radius 1 is 0.909 bits per heavy atom. The fourth-order valence-electron chi connectivity index (χ4n) is 3.22. The first kappa shape index (κ1) is 23.8. The number of hydrogen-bond acceptors (Lipinski definition) is 6. The number of methoxy groups -OCH3 is 3. The summed E-state index contributed by atoms with van der Waals surface area (Å²) in [5.74, 6) is -1.38. The first-order valence-electron chi connectivity index (χ1n) is 9.98. The zero-order valence-electron chi connectivity index (χ0n) is 18.4. The van der Waals surface area contributed by atoms with Crippen molar-refractivity contribution in [2.75, 3.05) is 33.2 Å². The highest BCUT2D eigenvalue weighted by Crippen LogP contribution is 2.48. The molecule has 7 nitrogen and oxygen atoms in total. The molecule has 0 saturated heterocycles. The SMILES string of the molecule is COc1c(Oc2ccc(CCN)cc2)cc(C(=O)Nc2ccc(F)cc2F)c(OC)c1OC. The van der Waals surface area contributed by atoms with Gasteiger partial charge in [0.05, 0.1) is 32.6 Å². The molecule has 3 rings (SSSR count). The van der Waals surface area contributed by atoms with Crippen molar-refractivity contribution in [1.29, 1.82) is 0 Å². The van der Waals surface area contributed by atoms with E-state index in [1.165, 1.54) is 27.4 Å². The molecule has 0 spiro atoms. The van der Waals surface area contributed by atoms with Gasteiger partial charge in [-0.2, -0.15) is 0 Å². The normalized spacial score (nSPS) is 10.5.